The minimum atomic E-state index is -0.219. The van der Waals surface area contributed by atoms with E-state index in [9.17, 15) is 4.79 Å². The summed E-state index contributed by atoms with van der Waals surface area (Å²) in [4.78, 5) is 17.2. The Morgan fingerprint density at radius 1 is 1.10 bits per heavy atom. The van der Waals surface area contributed by atoms with Crippen molar-refractivity contribution in [1.29, 1.82) is 0 Å². The van der Waals surface area contributed by atoms with Gasteiger partial charge in [0.2, 0.25) is 0 Å². The second-order valence-corrected chi connectivity index (χ2v) is 6.50. The van der Waals surface area contributed by atoms with E-state index < -0.39 is 0 Å². The zero-order chi connectivity index (χ0) is 14.5. The first-order valence-corrected chi connectivity index (χ1v) is 8.29. The molecule has 0 fully saturated rings. The smallest absolute Gasteiger partial charge is 0.316 e. The van der Waals surface area contributed by atoms with Gasteiger partial charge in [-0.1, -0.05) is 30.3 Å². The first kappa shape index (κ1) is 14.1. The summed E-state index contributed by atoms with van der Waals surface area (Å²) in [7, 11) is 0. The van der Waals surface area contributed by atoms with Gasteiger partial charge in [-0.15, -0.1) is 23.1 Å². The molecule has 0 N–H and O–H groups in total. The van der Waals surface area contributed by atoms with Crippen LogP contribution in [0, 0.1) is 0 Å². The molecule has 21 heavy (non-hydrogen) atoms. The van der Waals surface area contributed by atoms with Crippen molar-refractivity contribution in [3.63, 3.8) is 0 Å². The average molecular weight is 315 g/mol. The monoisotopic (exact) mass is 315 g/mol. The van der Waals surface area contributed by atoms with Crippen molar-refractivity contribution >= 4 is 39.3 Å². The second kappa shape index (κ2) is 6.74. The van der Waals surface area contributed by atoms with Crippen LogP contribution in [0.3, 0.4) is 0 Å². The van der Waals surface area contributed by atoms with E-state index in [1.54, 1.807) is 11.3 Å². The molecule has 0 bridgehead atoms. The molecule has 0 radical (unpaired) electrons. The van der Waals surface area contributed by atoms with E-state index in [0.717, 1.165) is 20.1 Å². The lowest BCUT2D eigenvalue weighted by Gasteiger charge is -2.02. The van der Waals surface area contributed by atoms with Crippen LogP contribution in [0.1, 0.15) is 5.01 Å². The van der Waals surface area contributed by atoms with Crippen molar-refractivity contribution in [2.24, 2.45) is 0 Å². The molecule has 106 valence electrons. The molecule has 3 aromatic rings. The summed E-state index contributed by atoms with van der Waals surface area (Å²) in [5.41, 5.74) is 0.951. The van der Waals surface area contributed by atoms with Gasteiger partial charge in [0, 0.05) is 4.90 Å². The summed E-state index contributed by atoms with van der Waals surface area (Å²) in [5.74, 6) is 0.0950. The van der Waals surface area contributed by atoms with E-state index in [2.05, 4.69) is 4.98 Å². The van der Waals surface area contributed by atoms with Gasteiger partial charge in [0.05, 0.1) is 16.0 Å². The van der Waals surface area contributed by atoms with Crippen LogP contribution in [0.4, 0.5) is 0 Å². The summed E-state index contributed by atoms with van der Waals surface area (Å²) in [6.45, 7) is 0.244. The molecule has 0 unspecified atom stereocenters. The molecule has 0 saturated heterocycles. The predicted molar refractivity (Wildman–Crippen MR) is 86.6 cm³/mol. The number of esters is 1. The SMILES string of the molecule is O=C(CSc1ccccc1)OCc1nc2ccccc2s1. The zero-order valence-electron chi connectivity index (χ0n) is 11.2. The third kappa shape index (κ3) is 3.83. The first-order valence-electron chi connectivity index (χ1n) is 6.49. The zero-order valence-corrected chi connectivity index (χ0v) is 12.8. The molecule has 0 spiro atoms. The molecule has 1 aromatic heterocycles. The number of fused-ring (bicyclic) bond motifs is 1. The number of rotatable bonds is 5. The maximum Gasteiger partial charge on any atom is 0.316 e. The Labute approximate surface area is 131 Å². The number of carbonyl (C=O) groups is 1. The lowest BCUT2D eigenvalue weighted by molar-refractivity contribution is -0.141. The number of aromatic nitrogens is 1. The summed E-state index contributed by atoms with van der Waals surface area (Å²) < 4.78 is 6.38. The molecule has 0 saturated carbocycles. The van der Waals surface area contributed by atoms with Crippen LogP contribution >= 0.6 is 23.1 Å². The number of para-hydroxylation sites is 1. The van der Waals surface area contributed by atoms with Gasteiger partial charge in [-0.2, -0.15) is 0 Å². The fourth-order valence-electron chi connectivity index (χ4n) is 1.82. The molecular weight excluding hydrogens is 302 g/mol. The molecule has 0 aliphatic carbocycles. The molecule has 0 atom stereocenters. The Bertz CT molecular complexity index is 707. The maximum absolute atomic E-state index is 11.7. The third-order valence-electron chi connectivity index (χ3n) is 2.79. The van der Waals surface area contributed by atoms with Gasteiger partial charge < -0.3 is 4.74 Å². The maximum atomic E-state index is 11.7. The number of ether oxygens (including phenoxy) is 1. The molecule has 2 aromatic carbocycles. The van der Waals surface area contributed by atoms with Crippen molar-refractivity contribution in [2.75, 3.05) is 5.75 Å². The van der Waals surface area contributed by atoms with Crippen LogP contribution in [0.15, 0.2) is 59.5 Å². The Hall–Kier alpha value is -1.85. The molecule has 1 heterocycles. The van der Waals surface area contributed by atoms with Crippen molar-refractivity contribution < 1.29 is 9.53 Å². The first-order chi connectivity index (χ1) is 10.3. The number of thioether (sulfide) groups is 1. The van der Waals surface area contributed by atoms with E-state index in [0.29, 0.717) is 5.75 Å². The number of benzene rings is 2. The van der Waals surface area contributed by atoms with Crippen molar-refractivity contribution in [1.82, 2.24) is 4.98 Å². The molecule has 0 aliphatic heterocycles. The van der Waals surface area contributed by atoms with Crippen LogP contribution in [-0.2, 0) is 16.1 Å². The molecule has 0 aliphatic rings. The van der Waals surface area contributed by atoms with Crippen molar-refractivity contribution in [3.8, 4) is 0 Å². The minimum absolute atomic E-state index is 0.219. The Kier molecular flexibility index (Phi) is 4.52. The van der Waals surface area contributed by atoms with Gasteiger partial charge in [-0.25, -0.2) is 4.98 Å². The van der Waals surface area contributed by atoms with Gasteiger partial charge in [0.1, 0.15) is 11.6 Å². The highest BCUT2D eigenvalue weighted by Gasteiger charge is 2.08. The largest absolute Gasteiger partial charge is 0.458 e. The number of hydrogen-bond acceptors (Lipinski definition) is 5. The van der Waals surface area contributed by atoms with Crippen LogP contribution in [-0.4, -0.2) is 16.7 Å². The lowest BCUT2D eigenvalue weighted by atomic mass is 10.3. The van der Waals surface area contributed by atoms with Gasteiger partial charge >= 0.3 is 5.97 Å². The fourth-order valence-corrected chi connectivity index (χ4v) is 3.42. The molecule has 5 heteroatoms. The molecule has 3 nitrogen and oxygen atoms in total. The van der Waals surface area contributed by atoms with Gasteiger partial charge in [0.25, 0.3) is 0 Å². The highest BCUT2D eigenvalue weighted by molar-refractivity contribution is 8.00. The summed E-state index contributed by atoms with van der Waals surface area (Å²) in [6, 6.07) is 17.7. The summed E-state index contributed by atoms with van der Waals surface area (Å²) in [6.07, 6.45) is 0. The fraction of sp³-hybridized carbons (Fsp3) is 0.125. The molecular formula is C16H13NO2S2. The lowest BCUT2D eigenvalue weighted by Crippen LogP contribution is -2.06. The van der Waals surface area contributed by atoms with Crippen LogP contribution in [0.25, 0.3) is 10.2 Å². The number of hydrogen-bond donors (Lipinski definition) is 0. The van der Waals surface area contributed by atoms with Crippen LogP contribution < -0.4 is 0 Å². The number of thiazole rings is 1. The van der Waals surface area contributed by atoms with Crippen LogP contribution in [0.5, 0.6) is 0 Å². The van der Waals surface area contributed by atoms with Crippen molar-refractivity contribution in [3.05, 3.63) is 59.6 Å². The summed E-state index contributed by atoms with van der Waals surface area (Å²) >= 11 is 3.04. The average Bonchev–Trinajstić information content (AvgIpc) is 2.95. The standard InChI is InChI=1S/C16H13NO2S2/c18-16(11-20-12-6-2-1-3-7-12)19-10-15-17-13-8-4-5-9-14(13)21-15/h1-9H,10-11H2. The topological polar surface area (TPSA) is 39.2 Å². The highest BCUT2D eigenvalue weighted by atomic mass is 32.2. The van der Waals surface area contributed by atoms with Gasteiger partial charge in [-0.05, 0) is 24.3 Å². The van der Waals surface area contributed by atoms with E-state index in [1.807, 2.05) is 54.6 Å². The highest BCUT2D eigenvalue weighted by Crippen LogP contribution is 2.22. The third-order valence-corrected chi connectivity index (χ3v) is 4.79. The molecule has 0 amide bonds. The van der Waals surface area contributed by atoms with Crippen LogP contribution in [0.2, 0.25) is 0 Å². The predicted octanol–water partition coefficient (Wildman–Crippen LogP) is 4.13. The Morgan fingerprint density at radius 3 is 2.67 bits per heavy atom. The van der Waals surface area contributed by atoms with Gasteiger partial charge in [0.15, 0.2) is 0 Å². The van der Waals surface area contributed by atoms with Crippen molar-refractivity contribution in [2.45, 2.75) is 11.5 Å². The minimum Gasteiger partial charge on any atom is -0.458 e. The normalized spacial score (nSPS) is 10.7. The van der Waals surface area contributed by atoms with E-state index >= 15 is 0 Å². The number of nitrogens with zero attached hydrogens (tertiary/aromatic N) is 1. The van der Waals surface area contributed by atoms with Gasteiger partial charge in [-0.3, -0.25) is 4.79 Å². The Balaban J connectivity index is 1.51. The van der Waals surface area contributed by atoms with E-state index in [4.69, 9.17) is 4.74 Å². The molecule has 3 rings (SSSR count). The second-order valence-electron chi connectivity index (χ2n) is 4.34. The van der Waals surface area contributed by atoms with E-state index in [-0.39, 0.29) is 12.6 Å². The number of carbonyl (C=O) groups excluding carboxylic acids is 1. The quantitative estimate of drug-likeness (QED) is 0.524. The Morgan fingerprint density at radius 2 is 1.86 bits per heavy atom. The van der Waals surface area contributed by atoms with E-state index in [1.165, 1.54) is 11.8 Å². The summed E-state index contributed by atoms with van der Waals surface area (Å²) in [5, 5.41) is 0.828.